The lowest BCUT2D eigenvalue weighted by molar-refractivity contribution is -0.153. The minimum Gasteiger partial charge on any atom is -0.342 e. The quantitative estimate of drug-likeness (QED) is 0.894. The van der Waals surface area contributed by atoms with E-state index in [0.717, 1.165) is 18.7 Å². The summed E-state index contributed by atoms with van der Waals surface area (Å²) in [5.74, 6) is 0.0164. The maximum atomic E-state index is 12.9. The van der Waals surface area contributed by atoms with E-state index in [-0.39, 0.29) is 17.9 Å². The van der Waals surface area contributed by atoms with Crippen molar-refractivity contribution >= 4 is 23.2 Å². The molecule has 0 bridgehead atoms. The molecule has 1 aromatic heterocycles. The molecule has 0 spiro atoms. The van der Waals surface area contributed by atoms with Crippen LogP contribution >= 0.6 is 11.3 Å². The molecule has 2 fully saturated rings. The predicted octanol–water partition coefficient (Wildman–Crippen LogP) is 1.81. The molecule has 2 atom stereocenters. The normalized spacial score (nSPS) is 23.7. The second-order valence-electron chi connectivity index (χ2n) is 7.05. The van der Waals surface area contributed by atoms with Gasteiger partial charge in [0.25, 0.3) is 0 Å². The van der Waals surface area contributed by atoms with Crippen LogP contribution in [0.4, 0.5) is 0 Å². The second kappa shape index (κ2) is 7.21. The first-order valence-corrected chi connectivity index (χ1v) is 9.84. The highest BCUT2D eigenvalue weighted by atomic mass is 32.1. The van der Waals surface area contributed by atoms with Gasteiger partial charge in [0.2, 0.25) is 11.8 Å². The van der Waals surface area contributed by atoms with E-state index in [1.54, 1.807) is 16.2 Å². The summed E-state index contributed by atoms with van der Waals surface area (Å²) < 4.78 is 0. The van der Waals surface area contributed by atoms with Crippen molar-refractivity contribution in [2.75, 3.05) is 19.6 Å². The van der Waals surface area contributed by atoms with Crippen molar-refractivity contribution in [1.82, 2.24) is 15.1 Å². The van der Waals surface area contributed by atoms with Crippen molar-refractivity contribution in [3.8, 4) is 0 Å². The molecule has 2 aliphatic heterocycles. The molecule has 2 saturated heterocycles. The molecule has 0 aliphatic carbocycles. The standard InChI is InChI=1S/C20H23N3O2S/c1-14-7-8-16(26-14)12-22-9-10-23-18(13-22)19(24)21-17(20(23)25)11-15-5-3-2-4-6-15/h2-8,17-18H,9-13H2,1H3,(H,21,24)/t17-,18-/m1/s1. The number of nitrogens with zero attached hydrogens (tertiary/aromatic N) is 2. The van der Waals surface area contributed by atoms with Gasteiger partial charge in [0.15, 0.2) is 0 Å². The largest absolute Gasteiger partial charge is 0.342 e. The first-order valence-electron chi connectivity index (χ1n) is 9.02. The van der Waals surface area contributed by atoms with E-state index in [0.29, 0.717) is 19.5 Å². The Bertz CT molecular complexity index is 804. The van der Waals surface area contributed by atoms with E-state index in [2.05, 4.69) is 29.3 Å². The number of benzene rings is 1. The van der Waals surface area contributed by atoms with Crippen LogP contribution in [-0.4, -0.2) is 53.3 Å². The van der Waals surface area contributed by atoms with Gasteiger partial charge in [-0.05, 0) is 24.6 Å². The van der Waals surface area contributed by atoms with Crippen LogP contribution in [0.1, 0.15) is 15.3 Å². The first kappa shape index (κ1) is 17.2. The minimum atomic E-state index is -0.451. The summed E-state index contributed by atoms with van der Waals surface area (Å²) in [4.78, 5) is 32.2. The number of carbonyl (C=O) groups is 2. The molecule has 0 radical (unpaired) electrons. The van der Waals surface area contributed by atoms with Gasteiger partial charge in [0.1, 0.15) is 12.1 Å². The van der Waals surface area contributed by atoms with Crippen LogP contribution < -0.4 is 5.32 Å². The number of aryl methyl sites for hydroxylation is 1. The van der Waals surface area contributed by atoms with E-state index in [9.17, 15) is 9.59 Å². The van der Waals surface area contributed by atoms with E-state index in [1.165, 1.54) is 9.75 Å². The summed E-state index contributed by atoms with van der Waals surface area (Å²) in [6.45, 7) is 4.98. The van der Waals surface area contributed by atoms with Gasteiger partial charge in [-0.3, -0.25) is 14.5 Å². The summed E-state index contributed by atoms with van der Waals surface area (Å²) in [7, 11) is 0. The Labute approximate surface area is 157 Å². The number of piperazine rings is 2. The Morgan fingerprint density at radius 1 is 1.12 bits per heavy atom. The third kappa shape index (κ3) is 3.52. The third-order valence-corrected chi connectivity index (χ3v) is 6.11. The molecule has 1 N–H and O–H groups in total. The SMILES string of the molecule is Cc1ccc(CN2CCN3C(=O)[C@@H](Cc4ccccc4)NC(=O)[C@H]3C2)s1. The van der Waals surface area contributed by atoms with Crippen LogP contribution in [0.2, 0.25) is 0 Å². The number of thiophene rings is 1. The van der Waals surface area contributed by atoms with Crippen molar-refractivity contribution in [3.63, 3.8) is 0 Å². The van der Waals surface area contributed by atoms with E-state index in [1.807, 2.05) is 30.3 Å². The van der Waals surface area contributed by atoms with Gasteiger partial charge in [-0.2, -0.15) is 0 Å². The fourth-order valence-corrected chi connectivity index (χ4v) is 4.71. The lowest BCUT2D eigenvalue weighted by Crippen LogP contribution is -2.69. The monoisotopic (exact) mass is 369 g/mol. The Kier molecular flexibility index (Phi) is 4.78. The molecule has 26 heavy (non-hydrogen) atoms. The maximum absolute atomic E-state index is 12.9. The first-order chi connectivity index (χ1) is 12.6. The number of nitrogens with one attached hydrogen (secondary N) is 1. The number of fused-ring (bicyclic) bond motifs is 1. The molecule has 6 heteroatoms. The van der Waals surface area contributed by atoms with E-state index < -0.39 is 6.04 Å². The molecular formula is C20H23N3O2S. The minimum absolute atomic E-state index is 0.0300. The Balaban J connectivity index is 1.42. The lowest BCUT2D eigenvalue weighted by atomic mass is 9.98. The predicted molar refractivity (Wildman–Crippen MR) is 102 cm³/mol. The molecule has 136 valence electrons. The summed E-state index contributed by atoms with van der Waals surface area (Å²) in [6, 6.07) is 13.3. The molecule has 3 heterocycles. The molecule has 0 saturated carbocycles. The van der Waals surface area contributed by atoms with Crippen LogP contribution in [-0.2, 0) is 22.6 Å². The van der Waals surface area contributed by atoms with Crippen LogP contribution in [0.25, 0.3) is 0 Å². The zero-order chi connectivity index (χ0) is 18.1. The fraction of sp³-hybridized carbons (Fsp3) is 0.400. The fourth-order valence-electron chi connectivity index (χ4n) is 3.78. The van der Waals surface area contributed by atoms with Gasteiger partial charge >= 0.3 is 0 Å². The van der Waals surface area contributed by atoms with Gasteiger partial charge in [-0.1, -0.05) is 30.3 Å². The molecular weight excluding hydrogens is 346 g/mol. The Hall–Kier alpha value is -2.18. The zero-order valence-electron chi connectivity index (χ0n) is 14.9. The smallest absolute Gasteiger partial charge is 0.246 e. The van der Waals surface area contributed by atoms with Crippen molar-refractivity contribution in [3.05, 3.63) is 57.8 Å². The number of hydrogen-bond donors (Lipinski definition) is 1. The molecule has 0 unspecified atom stereocenters. The third-order valence-electron chi connectivity index (χ3n) is 5.12. The average molecular weight is 369 g/mol. The number of hydrogen-bond acceptors (Lipinski definition) is 4. The zero-order valence-corrected chi connectivity index (χ0v) is 15.7. The van der Waals surface area contributed by atoms with Gasteiger partial charge in [0, 0.05) is 42.4 Å². The van der Waals surface area contributed by atoms with Crippen molar-refractivity contribution in [1.29, 1.82) is 0 Å². The van der Waals surface area contributed by atoms with E-state index in [4.69, 9.17) is 0 Å². The van der Waals surface area contributed by atoms with Crippen LogP contribution in [0.5, 0.6) is 0 Å². The highest BCUT2D eigenvalue weighted by Gasteiger charge is 2.43. The van der Waals surface area contributed by atoms with Gasteiger partial charge in [-0.15, -0.1) is 11.3 Å². The summed E-state index contributed by atoms with van der Waals surface area (Å²) in [6.07, 6.45) is 0.548. The van der Waals surface area contributed by atoms with Gasteiger partial charge in [-0.25, -0.2) is 0 Å². The number of rotatable bonds is 4. The highest BCUT2D eigenvalue weighted by Crippen LogP contribution is 2.22. The molecule has 2 aromatic rings. The summed E-state index contributed by atoms with van der Waals surface area (Å²) >= 11 is 1.79. The van der Waals surface area contributed by atoms with Crippen LogP contribution in [0.3, 0.4) is 0 Å². The van der Waals surface area contributed by atoms with Crippen molar-refractivity contribution < 1.29 is 9.59 Å². The molecule has 1 aromatic carbocycles. The Morgan fingerprint density at radius 3 is 2.65 bits per heavy atom. The molecule has 4 rings (SSSR count). The molecule has 5 nitrogen and oxygen atoms in total. The summed E-state index contributed by atoms with van der Waals surface area (Å²) in [5.41, 5.74) is 1.07. The summed E-state index contributed by atoms with van der Waals surface area (Å²) in [5, 5.41) is 2.95. The van der Waals surface area contributed by atoms with Gasteiger partial charge in [0.05, 0.1) is 0 Å². The average Bonchev–Trinajstić information content (AvgIpc) is 3.05. The van der Waals surface area contributed by atoms with Crippen molar-refractivity contribution in [2.24, 2.45) is 0 Å². The topological polar surface area (TPSA) is 52.6 Å². The second-order valence-corrected chi connectivity index (χ2v) is 8.42. The van der Waals surface area contributed by atoms with Crippen LogP contribution in [0, 0.1) is 6.92 Å². The van der Waals surface area contributed by atoms with Crippen LogP contribution in [0.15, 0.2) is 42.5 Å². The van der Waals surface area contributed by atoms with Gasteiger partial charge < -0.3 is 10.2 Å². The van der Waals surface area contributed by atoms with Crippen molar-refractivity contribution in [2.45, 2.75) is 32.0 Å². The molecule has 2 amide bonds. The van der Waals surface area contributed by atoms with E-state index >= 15 is 0 Å². The number of amides is 2. The lowest BCUT2D eigenvalue weighted by Gasteiger charge is -2.45. The number of carbonyl (C=O) groups excluding carboxylic acids is 2. The maximum Gasteiger partial charge on any atom is 0.246 e. The Morgan fingerprint density at radius 2 is 1.92 bits per heavy atom. The highest BCUT2D eigenvalue weighted by molar-refractivity contribution is 7.11. The molecule has 2 aliphatic rings.